The summed E-state index contributed by atoms with van der Waals surface area (Å²) < 4.78 is 1.22. The fourth-order valence-corrected chi connectivity index (χ4v) is 2.66. The monoisotopic (exact) mass is 297 g/mol. The van der Waals surface area contributed by atoms with E-state index in [4.69, 9.17) is 0 Å². The molecule has 0 aromatic heterocycles. The Labute approximate surface area is 114 Å². The largest absolute Gasteiger partial charge is 0.310 e. The van der Waals surface area contributed by atoms with Crippen LogP contribution in [0.4, 0.5) is 0 Å². The topological polar surface area (TPSA) is 12.0 Å². The predicted octanol–water partition coefficient (Wildman–Crippen LogP) is 4.93. The Morgan fingerprint density at radius 2 is 1.88 bits per heavy atom. The van der Waals surface area contributed by atoms with Crippen LogP contribution < -0.4 is 5.32 Å². The van der Waals surface area contributed by atoms with Crippen molar-refractivity contribution in [3.63, 3.8) is 0 Å². The van der Waals surface area contributed by atoms with Crippen LogP contribution in [0, 0.1) is 5.92 Å². The quantitative estimate of drug-likeness (QED) is 0.753. The van der Waals surface area contributed by atoms with E-state index < -0.39 is 0 Å². The molecule has 0 aliphatic heterocycles. The van der Waals surface area contributed by atoms with Crippen LogP contribution in [0.15, 0.2) is 28.7 Å². The van der Waals surface area contributed by atoms with Gasteiger partial charge in [0, 0.05) is 10.5 Å². The molecule has 96 valence electrons. The molecular weight excluding hydrogens is 274 g/mol. The van der Waals surface area contributed by atoms with Crippen LogP contribution in [0.5, 0.6) is 0 Å². The van der Waals surface area contributed by atoms with Crippen molar-refractivity contribution >= 4 is 15.9 Å². The van der Waals surface area contributed by atoms with Crippen LogP contribution in [0.1, 0.15) is 51.6 Å². The molecule has 0 spiro atoms. The van der Waals surface area contributed by atoms with Crippen LogP contribution in [0.2, 0.25) is 0 Å². The van der Waals surface area contributed by atoms with Crippen molar-refractivity contribution in [1.82, 2.24) is 5.32 Å². The highest BCUT2D eigenvalue weighted by molar-refractivity contribution is 9.10. The average Bonchev–Trinajstić information content (AvgIpc) is 2.28. The summed E-state index contributed by atoms with van der Waals surface area (Å²) in [6.45, 7) is 7.78. The maximum atomic E-state index is 3.65. The van der Waals surface area contributed by atoms with Crippen LogP contribution >= 0.6 is 15.9 Å². The van der Waals surface area contributed by atoms with Gasteiger partial charge in [-0.15, -0.1) is 0 Å². The van der Waals surface area contributed by atoms with Gasteiger partial charge in [0.05, 0.1) is 0 Å². The molecular formula is C15H24BrN. The molecule has 1 aromatic carbocycles. The zero-order chi connectivity index (χ0) is 12.7. The van der Waals surface area contributed by atoms with E-state index in [-0.39, 0.29) is 0 Å². The maximum absolute atomic E-state index is 3.65. The number of halogens is 1. The lowest BCUT2D eigenvalue weighted by Gasteiger charge is -2.20. The van der Waals surface area contributed by atoms with E-state index in [1.54, 1.807) is 0 Å². The Morgan fingerprint density at radius 3 is 2.47 bits per heavy atom. The van der Waals surface area contributed by atoms with Gasteiger partial charge < -0.3 is 5.32 Å². The van der Waals surface area contributed by atoms with Gasteiger partial charge >= 0.3 is 0 Å². The first-order valence-electron chi connectivity index (χ1n) is 6.63. The molecule has 1 N–H and O–H groups in total. The first kappa shape index (κ1) is 14.7. The van der Waals surface area contributed by atoms with Gasteiger partial charge in [-0.05, 0) is 30.5 Å². The van der Waals surface area contributed by atoms with Crippen molar-refractivity contribution in [1.29, 1.82) is 0 Å². The number of benzene rings is 1. The molecule has 1 nitrogen and oxygen atoms in total. The Kier molecular flexibility index (Phi) is 6.83. The number of hydrogen-bond acceptors (Lipinski definition) is 1. The van der Waals surface area contributed by atoms with Crippen LogP contribution in [-0.4, -0.2) is 6.54 Å². The number of rotatable bonds is 7. The Morgan fingerprint density at radius 1 is 1.18 bits per heavy atom. The summed E-state index contributed by atoms with van der Waals surface area (Å²) in [6.07, 6.45) is 3.82. The number of nitrogens with one attached hydrogen (secondary N) is 1. The maximum Gasteiger partial charge on any atom is 0.0331 e. The highest BCUT2D eigenvalue weighted by Crippen LogP contribution is 2.27. The van der Waals surface area contributed by atoms with Gasteiger partial charge in [0.1, 0.15) is 0 Å². The molecule has 1 unspecified atom stereocenters. The minimum atomic E-state index is 0.481. The highest BCUT2D eigenvalue weighted by Gasteiger charge is 2.12. The van der Waals surface area contributed by atoms with E-state index in [9.17, 15) is 0 Å². The molecule has 0 saturated carbocycles. The lowest BCUT2D eigenvalue weighted by atomic mass is 9.98. The van der Waals surface area contributed by atoms with Crippen molar-refractivity contribution < 1.29 is 0 Å². The first-order valence-corrected chi connectivity index (χ1v) is 7.42. The second-order valence-electron chi connectivity index (χ2n) is 4.96. The minimum Gasteiger partial charge on any atom is -0.310 e. The predicted molar refractivity (Wildman–Crippen MR) is 79.2 cm³/mol. The lowest BCUT2D eigenvalue weighted by Crippen LogP contribution is -2.21. The van der Waals surface area contributed by atoms with E-state index in [1.807, 2.05) is 0 Å². The summed E-state index contributed by atoms with van der Waals surface area (Å²) in [4.78, 5) is 0. The standard InChI is InChI=1S/C15H24BrN/c1-4-17-15(11-7-8-12(2)3)13-9-5-6-10-14(13)16/h5-6,9-10,12,15,17H,4,7-8,11H2,1-3H3. The van der Waals surface area contributed by atoms with Crippen molar-refractivity contribution in [3.8, 4) is 0 Å². The molecule has 1 aromatic rings. The van der Waals surface area contributed by atoms with E-state index in [0.717, 1.165) is 12.5 Å². The van der Waals surface area contributed by atoms with Gasteiger partial charge in [-0.2, -0.15) is 0 Å². The zero-order valence-electron chi connectivity index (χ0n) is 11.2. The lowest BCUT2D eigenvalue weighted by molar-refractivity contribution is 0.454. The van der Waals surface area contributed by atoms with E-state index >= 15 is 0 Å². The Bertz CT molecular complexity index is 322. The SMILES string of the molecule is CCNC(CCCC(C)C)c1ccccc1Br. The summed E-state index contributed by atoms with van der Waals surface area (Å²) in [5, 5.41) is 3.58. The molecule has 0 saturated heterocycles. The third kappa shape index (κ3) is 5.22. The molecule has 1 rings (SSSR count). The normalized spacial score (nSPS) is 13.0. The molecule has 0 bridgehead atoms. The van der Waals surface area contributed by atoms with Gasteiger partial charge in [-0.1, -0.05) is 67.7 Å². The molecule has 1 atom stereocenters. The smallest absolute Gasteiger partial charge is 0.0331 e. The van der Waals surface area contributed by atoms with Crippen molar-refractivity contribution in [2.24, 2.45) is 5.92 Å². The molecule has 0 fully saturated rings. The summed E-state index contributed by atoms with van der Waals surface area (Å²) >= 11 is 3.65. The van der Waals surface area contributed by atoms with Gasteiger partial charge in [0.25, 0.3) is 0 Å². The van der Waals surface area contributed by atoms with Crippen molar-refractivity contribution in [2.45, 2.75) is 46.1 Å². The van der Waals surface area contributed by atoms with Gasteiger partial charge in [-0.3, -0.25) is 0 Å². The molecule has 2 heteroatoms. The van der Waals surface area contributed by atoms with E-state index in [1.165, 1.54) is 29.3 Å². The Hall–Kier alpha value is -0.340. The zero-order valence-corrected chi connectivity index (χ0v) is 12.8. The van der Waals surface area contributed by atoms with Crippen LogP contribution in [0.3, 0.4) is 0 Å². The van der Waals surface area contributed by atoms with Gasteiger partial charge in [0.15, 0.2) is 0 Å². The third-order valence-electron chi connectivity index (χ3n) is 3.01. The fraction of sp³-hybridized carbons (Fsp3) is 0.600. The third-order valence-corrected chi connectivity index (χ3v) is 3.73. The van der Waals surface area contributed by atoms with Crippen LogP contribution in [0.25, 0.3) is 0 Å². The van der Waals surface area contributed by atoms with E-state index in [2.05, 4.69) is 66.3 Å². The molecule has 0 aliphatic carbocycles. The van der Waals surface area contributed by atoms with Crippen molar-refractivity contribution in [3.05, 3.63) is 34.3 Å². The summed E-state index contributed by atoms with van der Waals surface area (Å²) in [6, 6.07) is 9.02. The van der Waals surface area contributed by atoms with Gasteiger partial charge in [-0.25, -0.2) is 0 Å². The van der Waals surface area contributed by atoms with Crippen LogP contribution in [-0.2, 0) is 0 Å². The second-order valence-corrected chi connectivity index (χ2v) is 5.81. The fourth-order valence-electron chi connectivity index (χ4n) is 2.10. The number of hydrogen-bond donors (Lipinski definition) is 1. The molecule has 0 heterocycles. The molecule has 17 heavy (non-hydrogen) atoms. The molecule has 0 amide bonds. The summed E-state index contributed by atoms with van der Waals surface area (Å²) in [5.41, 5.74) is 1.39. The summed E-state index contributed by atoms with van der Waals surface area (Å²) in [7, 11) is 0. The Balaban J connectivity index is 2.62. The first-order chi connectivity index (χ1) is 8.15. The molecule has 0 aliphatic rings. The van der Waals surface area contributed by atoms with E-state index in [0.29, 0.717) is 6.04 Å². The second kappa shape index (κ2) is 7.88. The van der Waals surface area contributed by atoms with Gasteiger partial charge in [0.2, 0.25) is 0 Å². The highest BCUT2D eigenvalue weighted by atomic mass is 79.9. The minimum absolute atomic E-state index is 0.481. The average molecular weight is 298 g/mol. The molecule has 0 radical (unpaired) electrons. The van der Waals surface area contributed by atoms with Crippen molar-refractivity contribution in [2.75, 3.05) is 6.54 Å². The summed E-state index contributed by atoms with van der Waals surface area (Å²) in [5.74, 6) is 0.802.